The molecule has 1 aromatic heterocycles. The zero-order chi connectivity index (χ0) is 12.5. The summed E-state index contributed by atoms with van der Waals surface area (Å²) in [6, 6.07) is 8.37. The summed E-state index contributed by atoms with van der Waals surface area (Å²) in [6.07, 6.45) is 1.16. The van der Waals surface area contributed by atoms with E-state index in [9.17, 15) is 0 Å². The van der Waals surface area contributed by atoms with Gasteiger partial charge in [0.15, 0.2) is 0 Å². The first-order valence-corrected chi connectivity index (χ1v) is 6.38. The Morgan fingerprint density at radius 3 is 2.72 bits per heavy atom. The fourth-order valence-corrected chi connectivity index (χ4v) is 2.35. The van der Waals surface area contributed by atoms with Gasteiger partial charge in [-0.2, -0.15) is 4.98 Å². The molecular formula is C14H17N3O. The van der Waals surface area contributed by atoms with E-state index in [1.165, 1.54) is 5.56 Å². The maximum absolute atomic E-state index is 5.38. The van der Waals surface area contributed by atoms with Crippen molar-refractivity contribution >= 4 is 0 Å². The number of benzene rings is 1. The third-order valence-electron chi connectivity index (χ3n) is 3.55. The average Bonchev–Trinajstić information content (AvgIpc) is 2.98. The van der Waals surface area contributed by atoms with Crippen molar-refractivity contribution in [2.24, 2.45) is 5.92 Å². The number of hydrogen-bond acceptors (Lipinski definition) is 4. The quantitative estimate of drug-likeness (QED) is 0.881. The Balaban J connectivity index is 1.87. The molecule has 1 aromatic carbocycles. The number of hydrogen-bond donors (Lipinski definition) is 1. The second-order valence-electron chi connectivity index (χ2n) is 5.02. The Kier molecular flexibility index (Phi) is 2.88. The van der Waals surface area contributed by atoms with E-state index >= 15 is 0 Å². The molecule has 0 saturated carbocycles. The van der Waals surface area contributed by atoms with Crippen LogP contribution in [0.15, 0.2) is 28.8 Å². The van der Waals surface area contributed by atoms with Crippen molar-refractivity contribution < 1.29 is 4.52 Å². The Morgan fingerprint density at radius 2 is 2.06 bits per heavy atom. The highest BCUT2D eigenvalue weighted by Gasteiger charge is 2.29. The molecule has 1 aliphatic rings. The predicted octanol–water partition coefficient (Wildman–Crippen LogP) is 2.72. The number of nitrogens with one attached hydrogen (secondary N) is 1. The van der Waals surface area contributed by atoms with Crippen LogP contribution in [0, 0.1) is 12.8 Å². The zero-order valence-electron chi connectivity index (χ0n) is 10.7. The monoisotopic (exact) mass is 243 g/mol. The van der Waals surface area contributed by atoms with E-state index in [-0.39, 0.29) is 6.04 Å². The van der Waals surface area contributed by atoms with E-state index in [1.807, 2.05) is 12.1 Å². The van der Waals surface area contributed by atoms with E-state index in [2.05, 4.69) is 41.4 Å². The van der Waals surface area contributed by atoms with E-state index in [4.69, 9.17) is 4.52 Å². The molecule has 1 saturated heterocycles. The van der Waals surface area contributed by atoms with Crippen molar-refractivity contribution in [1.29, 1.82) is 0 Å². The summed E-state index contributed by atoms with van der Waals surface area (Å²) in [5.41, 5.74) is 2.23. The first kappa shape index (κ1) is 11.4. The van der Waals surface area contributed by atoms with Gasteiger partial charge in [0.2, 0.25) is 11.7 Å². The van der Waals surface area contributed by atoms with Crippen LogP contribution < -0.4 is 5.32 Å². The van der Waals surface area contributed by atoms with Crippen LogP contribution in [-0.4, -0.2) is 16.7 Å². The Bertz CT molecular complexity index is 532. The van der Waals surface area contributed by atoms with Crippen LogP contribution >= 0.6 is 0 Å². The second kappa shape index (κ2) is 4.53. The first-order valence-electron chi connectivity index (χ1n) is 6.38. The van der Waals surface area contributed by atoms with Crippen LogP contribution in [0.3, 0.4) is 0 Å². The first-order chi connectivity index (χ1) is 8.74. The van der Waals surface area contributed by atoms with Crippen molar-refractivity contribution in [2.75, 3.05) is 6.54 Å². The van der Waals surface area contributed by atoms with Crippen LogP contribution in [0.2, 0.25) is 0 Å². The molecule has 2 atom stereocenters. The smallest absolute Gasteiger partial charge is 0.244 e. The van der Waals surface area contributed by atoms with Crippen molar-refractivity contribution in [1.82, 2.24) is 15.5 Å². The molecule has 0 aliphatic carbocycles. The fourth-order valence-electron chi connectivity index (χ4n) is 2.35. The molecule has 0 radical (unpaired) electrons. The van der Waals surface area contributed by atoms with Gasteiger partial charge in [-0.05, 0) is 25.8 Å². The molecule has 2 heterocycles. The number of aromatic nitrogens is 2. The van der Waals surface area contributed by atoms with Gasteiger partial charge in [-0.3, -0.25) is 0 Å². The molecule has 0 amide bonds. The summed E-state index contributed by atoms with van der Waals surface area (Å²) in [7, 11) is 0. The van der Waals surface area contributed by atoms with Crippen LogP contribution in [0.5, 0.6) is 0 Å². The van der Waals surface area contributed by atoms with E-state index in [1.54, 1.807) is 0 Å². The molecule has 94 valence electrons. The third kappa shape index (κ3) is 2.04. The third-order valence-corrected chi connectivity index (χ3v) is 3.55. The van der Waals surface area contributed by atoms with Crippen LogP contribution in [0.4, 0.5) is 0 Å². The minimum absolute atomic E-state index is 0.205. The van der Waals surface area contributed by atoms with Crippen LogP contribution in [0.25, 0.3) is 11.4 Å². The minimum Gasteiger partial charge on any atom is -0.337 e. The average molecular weight is 243 g/mol. The van der Waals surface area contributed by atoms with Gasteiger partial charge in [0.25, 0.3) is 0 Å². The maximum Gasteiger partial charge on any atom is 0.244 e. The van der Waals surface area contributed by atoms with Crippen LogP contribution in [-0.2, 0) is 0 Å². The number of aryl methyl sites for hydroxylation is 1. The summed E-state index contributed by atoms with van der Waals surface area (Å²) in [5.74, 6) is 1.93. The SMILES string of the molecule is Cc1ccc(-c2noc(C3NCCC3C)n2)cc1. The topological polar surface area (TPSA) is 51.0 Å². The molecule has 18 heavy (non-hydrogen) atoms. The van der Waals surface area contributed by atoms with Gasteiger partial charge in [0, 0.05) is 5.56 Å². The standard InChI is InChI=1S/C14H17N3O/c1-9-3-5-11(6-4-9)13-16-14(18-17-13)12-10(2)7-8-15-12/h3-6,10,12,15H,7-8H2,1-2H3. The fraction of sp³-hybridized carbons (Fsp3) is 0.429. The summed E-state index contributed by atoms with van der Waals surface area (Å²) in [6.45, 7) is 5.30. The second-order valence-corrected chi connectivity index (χ2v) is 5.02. The van der Waals surface area contributed by atoms with E-state index < -0.39 is 0 Å². The van der Waals surface area contributed by atoms with Gasteiger partial charge in [-0.15, -0.1) is 0 Å². The van der Waals surface area contributed by atoms with Gasteiger partial charge in [0.1, 0.15) is 0 Å². The molecule has 4 heteroatoms. The number of rotatable bonds is 2. The Morgan fingerprint density at radius 1 is 1.28 bits per heavy atom. The highest BCUT2D eigenvalue weighted by Crippen LogP contribution is 2.29. The number of nitrogens with zero attached hydrogens (tertiary/aromatic N) is 2. The molecule has 1 aliphatic heterocycles. The minimum atomic E-state index is 0.205. The molecule has 3 rings (SSSR count). The molecule has 2 unspecified atom stereocenters. The largest absolute Gasteiger partial charge is 0.337 e. The molecule has 1 fully saturated rings. The summed E-state index contributed by atoms with van der Waals surface area (Å²) in [5, 5.41) is 7.47. The zero-order valence-corrected chi connectivity index (χ0v) is 10.7. The van der Waals surface area contributed by atoms with Gasteiger partial charge < -0.3 is 9.84 Å². The van der Waals surface area contributed by atoms with Gasteiger partial charge in [-0.25, -0.2) is 0 Å². The van der Waals surface area contributed by atoms with Crippen molar-refractivity contribution in [3.8, 4) is 11.4 Å². The lowest BCUT2D eigenvalue weighted by Crippen LogP contribution is -2.16. The highest BCUT2D eigenvalue weighted by atomic mass is 16.5. The normalized spacial score (nSPS) is 23.4. The lowest BCUT2D eigenvalue weighted by Gasteiger charge is -2.09. The highest BCUT2D eigenvalue weighted by molar-refractivity contribution is 5.54. The molecule has 0 bridgehead atoms. The lowest BCUT2D eigenvalue weighted by atomic mass is 10.0. The summed E-state index contributed by atoms with van der Waals surface area (Å²) < 4.78 is 5.38. The van der Waals surface area contributed by atoms with Gasteiger partial charge in [-0.1, -0.05) is 41.9 Å². The predicted molar refractivity (Wildman–Crippen MR) is 69.0 cm³/mol. The van der Waals surface area contributed by atoms with Gasteiger partial charge in [0.05, 0.1) is 6.04 Å². The Labute approximate surface area is 106 Å². The molecule has 0 spiro atoms. The van der Waals surface area contributed by atoms with Crippen molar-refractivity contribution in [3.05, 3.63) is 35.7 Å². The van der Waals surface area contributed by atoms with E-state index in [0.717, 1.165) is 18.5 Å². The van der Waals surface area contributed by atoms with Crippen LogP contribution in [0.1, 0.15) is 30.8 Å². The molecule has 1 N–H and O–H groups in total. The van der Waals surface area contributed by atoms with Gasteiger partial charge >= 0.3 is 0 Å². The van der Waals surface area contributed by atoms with E-state index in [0.29, 0.717) is 17.6 Å². The van der Waals surface area contributed by atoms with Crippen molar-refractivity contribution in [3.63, 3.8) is 0 Å². The Hall–Kier alpha value is -1.68. The van der Waals surface area contributed by atoms with Crippen molar-refractivity contribution in [2.45, 2.75) is 26.3 Å². The maximum atomic E-state index is 5.38. The molecule has 2 aromatic rings. The summed E-state index contributed by atoms with van der Waals surface area (Å²) >= 11 is 0. The molecule has 4 nitrogen and oxygen atoms in total. The lowest BCUT2D eigenvalue weighted by molar-refractivity contribution is 0.319. The summed E-state index contributed by atoms with van der Waals surface area (Å²) in [4.78, 5) is 4.50. The molecular weight excluding hydrogens is 226 g/mol.